The van der Waals surface area contributed by atoms with Crippen LogP contribution in [0.5, 0.6) is 0 Å². The number of aromatic nitrogens is 3. The van der Waals surface area contributed by atoms with Crippen LogP contribution in [0.25, 0.3) is 10.9 Å². The van der Waals surface area contributed by atoms with E-state index < -0.39 is 27.3 Å². The van der Waals surface area contributed by atoms with Crippen molar-refractivity contribution >= 4 is 26.5 Å². The predicted molar refractivity (Wildman–Crippen MR) is 115 cm³/mol. The smallest absolute Gasteiger partial charge is 0.261 e. The number of halogens is 1. The lowest BCUT2D eigenvalue weighted by Gasteiger charge is -2.22. The van der Waals surface area contributed by atoms with Gasteiger partial charge in [-0.3, -0.25) is 19.1 Å². The van der Waals surface area contributed by atoms with Crippen LogP contribution >= 0.6 is 0 Å². The minimum atomic E-state index is -3.45. The van der Waals surface area contributed by atoms with E-state index in [0.717, 1.165) is 25.3 Å². The molecule has 0 radical (unpaired) electrons. The van der Waals surface area contributed by atoms with Crippen LogP contribution in [0.4, 0.5) is 4.39 Å². The molecule has 2 unspecified atom stereocenters. The van der Waals surface area contributed by atoms with Gasteiger partial charge in [0.2, 0.25) is 0 Å². The number of fused-ring (bicyclic) bond motifs is 1. The Bertz CT molecular complexity index is 1320. The molecule has 3 aromatic rings. The van der Waals surface area contributed by atoms with Gasteiger partial charge in [-0.2, -0.15) is 0 Å². The Morgan fingerprint density at radius 3 is 2.75 bits per heavy atom. The summed E-state index contributed by atoms with van der Waals surface area (Å²) in [7, 11) is -3.45. The zero-order valence-corrected chi connectivity index (χ0v) is 18.2. The van der Waals surface area contributed by atoms with Crippen molar-refractivity contribution in [3.63, 3.8) is 0 Å². The highest BCUT2D eigenvalue weighted by Crippen LogP contribution is 2.25. The van der Waals surface area contributed by atoms with E-state index in [1.807, 2.05) is 0 Å². The summed E-state index contributed by atoms with van der Waals surface area (Å²) >= 11 is 0. The van der Waals surface area contributed by atoms with Gasteiger partial charge in [0.25, 0.3) is 5.56 Å². The number of benzene rings is 1. The topological polar surface area (TPSA) is 108 Å². The van der Waals surface area contributed by atoms with Crippen LogP contribution in [-0.2, 0) is 25.8 Å². The minimum Gasteiger partial charge on any atom is -0.378 e. The highest BCUT2D eigenvalue weighted by Gasteiger charge is 2.29. The van der Waals surface area contributed by atoms with E-state index >= 15 is 0 Å². The number of carbonyl (C=O) groups excluding carboxylic acids is 1. The molecule has 1 aliphatic rings. The molecule has 10 heteroatoms. The van der Waals surface area contributed by atoms with Gasteiger partial charge in [0, 0.05) is 25.0 Å². The Kier molecular flexibility index (Phi) is 6.16. The van der Waals surface area contributed by atoms with Crippen molar-refractivity contribution in [3.8, 4) is 0 Å². The average molecular weight is 459 g/mol. The van der Waals surface area contributed by atoms with E-state index in [2.05, 4.69) is 9.97 Å². The van der Waals surface area contributed by atoms with E-state index in [1.165, 1.54) is 41.2 Å². The molecule has 4 rings (SSSR count). The molecule has 168 valence electrons. The molecule has 0 saturated carbocycles. The molecule has 1 saturated heterocycles. The predicted octanol–water partition coefficient (Wildman–Crippen LogP) is 2.26. The Labute approximate surface area is 184 Å². The lowest BCUT2D eigenvalue weighted by molar-refractivity contribution is -0.122. The number of pyridine rings is 1. The average Bonchev–Trinajstić information content (AvgIpc) is 3.27. The van der Waals surface area contributed by atoms with Gasteiger partial charge in [0.05, 0.1) is 46.9 Å². The number of hydrogen-bond acceptors (Lipinski definition) is 7. The number of hydrogen-bond donors (Lipinski definition) is 0. The first-order valence-electron chi connectivity index (χ1n) is 10.2. The lowest BCUT2D eigenvalue weighted by Crippen LogP contribution is -2.33. The van der Waals surface area contributed by atoms with Gasteiger partial charge >= 0.3 is 0 Å². The fourth-order valence-corrected chi connectivity index (χ4v) is 4.50. The lowest BCUT2D eigenvalue weighted by atomic mass is 9.99. The molecule has 1 aliphatic heterocycles. The molecule has 8 nitrogen and oxygen atoms in total. The maximum absolute atomic E-state index is 13.2. The summed E-state index contributed by atoms with van der Waals surface area (Å²) in [4.78, 5) is 34.7. The number of ether oxygens (including phenoxy) is 1. The molecule has 0 amide bonds. The summed E-state index contributed by atoms with van der Waals surface area (Å²) in [6.45, 7) is 0.601. The normalized spacial score (nSPS) is 17.5. The van der Waals surface area contributed by atoms with Crippen LogP contribution in [0, 0.1) is 5.82 Å². The fourth-order valence-electron chi connectivity index (χ4n) is 3.85. The maximum atomic E-state index is 13.2. The molecular weight excluding hydrogens is 437 g/mol. The summed E-state index contributed by atoms with van der Waals surface area (Å²) in [6.07, 6.45) is 5.11. The van der Waals surface area contributed by atoms with Gasteiger partial charge in [-0.1, -0.05) is 0 Å². The summed E-state index contributed by atoms with van der Waals surface area (Å²) in [5.41, 5.74) is 0.185. The highest BCUT2D eigenvalue weighted by atomic mass is 32.2. The van der Waals surface area contributed by atoms with Crippen molar-refractivity contribution in [2.45, 2.75) is 42.7 Å². The van der Waals surface area contributed by atoms with Gasteiger partial charge in [-0.25, -0.2) is 17.8 Å². The second-order valence-electron chi connectivity index (χ2n) is 7.91. The van der Waals surface area contributed by atoms with Crippen molar-refractivity contribution in [3.05, 3.63) is 64.7 Å². The van der Waals surface area contributed by atoms with Crippen LogP contribution in [0.3, 0.4) is 0 Å². The molecule has 1 aromatic carbocycles. The van der Waals surface area contributed by atoms with Crippen LogP contribution in [0.2, 0.25) is 0 Å². The first-order valence-corrected chi connectivity index (χ1v) is 12.1. The molecule has 32 heavy (non-hydrogen) atoms. The molecular formula is C22H22FN3O5S. The summed E-state index contributed by atoms with van der Waals surface area (Å²) in [6, 6.07) is 5.93. The highest BCUT2D eigenvalue weighted by molar-refractivity contribution is 7.90. The van der Waals surface area contributed by atoms with Gasteiger partial charge in [-0.15, -0.1) is 0 Å². The van der Waals surface area contributed by atoms with Crippen molar-refractivity contribution in [2.24, 2.45) is 0 Å². The molecule has 0 bridgehead atoms. The second kappa shape index (κ2) is 8.87. The van der Waals surface area contributed by atoms with Crippen molar-refractivity contribution in [1.82, 2.24) is 14.5 Å². The monoisotopic (exact) mass is 459 g/mol. The Morgan fingerprint density at radius 1 is 1.28 bits per heavy atom. The molecule has 3 heterocycles. The van der Waals surface area contributed by atoms with Crippen LogP contribution in [-0.4, -0.2) is 47.7 Å². The second-order valence-corrected chi connectivity index (χ2v) is 9.92. The first kappa shape index (κ1) is 22.2. The quantitative estimate of drug-likeness (QED) is 0.533. The van der Waals surface area contributed by atoms with Crippen molar-refractivity contribution in [2.75, 3.05) is 12.9 Å². The largest absolute Gasteiger partial charge is 0.378 e. The number of Topliss-reactive ketones (excluding diaryl/α,β-unsaturated/α-hetero) is 1. The maximum Gasteiger partial charge on any atom is 0.261 e. The Hall–Kier alpha value is -2.98. The fraction of sp³-hybridized carbons (Fsp3) is 0.364. The van der Waals surface area contributed by atoms with E-state index in [1.54, 1.807) is 0 Å². The molecule has 0 spiro atoms. The van der Waals surface area contributed by atoms with E-state index in [9.17, 15) is 22.4 Å². The minimum absolute atomic E-state index is 0.0593. The third-order valence-corrected chi connectivity index (χ3v) is 6.66. The van der Waals surface area contributed by atoms with Gasteiger partial charge in [0.1, 0.15) is 5.82 Å². The number of carbonyl (C=O) groups is 1. The van der Waals surface area contributed by atoms with Crippen molar-refractivity contribution < 1.29 is 22.3 Å². The number of ketones is 1. The first-order chi connectivity index (χ1) is 15.2. The number of sulfone groups is 1. The third kappa shape index (κ3) is 4.76. The summed E-state index contributed by atoms with van der Waals surface area (Å²) in [5, 5.41) is 0.213. The Morgan fingerprint density at radius 2 is 2.09 bits per heavy atom. The van der Waals surface area contributed by atoms with Crippen LogP contribution < -0.4 is 5.56 Å². The Balaban J connectivity index is 1.72. The van der Waals surface area contributed by atoms with Gasteiger partial charge in [0.15, 0.2) is 15.6 Å². The molecule has 2 atom stereocenters. The standard InChI is InChI=1S/C22H22FN3O5S/c1-32(29,30)17-6-7-18-19(11-17)25-13-26(22(18)28)20(10-16-3-2-8-31-16)21(27)9-15-5-4-14(23)12-24-15/h4-7,11-13,16,20H,2-3,8-10H2,1H3. The van der Waals surface area contributed by atoms with E-state index in [-0.39, 0.29) is 34.1 Å². The van der Waals surface area contributed by atoms with Crippen molar-refractivity contribution in [1.29, 1.82) is 0 Å². The zero-order valence-electron chi connectivity index (χ0n) is 17.4. The van der Waals surface area contributed by atoms with Gasteiger partial charge < -0.3 is 4.74 Å². The molecule has 0 N–H and O–H groups in total. The zero-order chi connectivity index (χ0) is 22.9. The molecule has 1 fully saturated rings. The van der Waals surface area contributed by atoms with Crippen LogP contribution in [0.1, 0.15) is 31.0 Å². The summed E-state index contributed by atoms with van der Waals surface area (Å²) < 4.78 is 43.8. The van der Waals surface area contributed by atoms with E-state index in [4.69, 9.17) is 4.74 Å². The van der Waals surface area contributed by atoms with Gasteiger partial charge in [-0.05, 0) is 43.2 Å². The van der Waals surface area contributed by atoms with E-state index in [0.29, 0.717) is 18.7 Å². The molecule has 2 aromatic heterocycles. The number of rotatable bonds is 7. The third-order valence-electron chi connectivity index (χ3n) is 5.55. The summed E-state index contributed by atoms with van der Waals surface area (Å²) in [5.74, 6) is -0.767. The van der Waals surface area contributed by atoms with Crippen LogP contribution in [0.15, 0.2) is 52.5 Å². The SMILES string of the molecule is CS(=O)(=O)c1ccc2c(=O)n(C(CC3CCCO3)C(=O)Cc3ccc(F)cn3)cnc2c1. The molecule has 0 aliphatic carbocycles. The number of nitrogens with zero attached hydrogens (tertiary/aromatic N) is 3.